The van der Waals surface area contributed by atoms with Gasteiger partial charge in [0.1, 0.15) is 0 Å². The average molecular weight is 269 g/mol. The standard InChI is InChI=1S/2C5H5.BrH.Co/c2*1-2-4-5-3-1;;/h2*1-5H;1H;/q2*-1;;+3/p-1. The number of halogens is 1. The Hall–Kier alpha value is -0.314. The van der Waals surface area contributed by atoms with E-state index in [0.29, 0.717) is 0 Å². The molecule has 0 radical (unpaired) electrons. The van der Waals surface area contributed by atoms with Crippen molar-refractivity contribution in [1.82, 2.24) is 0 Å². The fourth-order valence-electron chi connectivity index (χ4n) is 0.642. The predicted octanol–water partition coefficient (Wildman–Crippen LogP) is 3.65. The van der Waals surface area contributed by atoms with E-state index in [1.807, 2.05) is 60.7 Å². The van der Waals surface area contributed by atoms with E-state index < -0.39 is 0 Å². The van der Waals surface area contributed by atoms with Crippen molar-refractivity contribution < 1.29 is 13.9 Å². The van der Waals surface area contributed by atoms with E-state index in [1.54, 1.807) is 0 Å². The molecule has 0 saturated heterocycles. The van der Waals surface area contributed by atoms with Crippen LogP contribution in [-0.4, -0.2) is 0 Å². The van der Waals surface area contributed by atoms with E-state index in [-0.39, 0.29) is 0 Å². The third-order valence-electron chi connectivity index (χ3n) is 1.11. The van der Waals surface area contributed by atoms with E-state index in [4.69, 9.17) is 0 Å². The maximum absolute atomic E-state index is 3.38. The molecule has 0 atom stereocenters. The van der Waals surface area contributed by atoms with Gasteiger partial charge in [0.25, 0.3) is 0 Å². The molecule has 0 saturated carbocycles. The Morgan fingerprint density at radius 3 is 1.00 bits per heavy atom. The molecule has 0 aliphatic rings. The molecule has 0 nitrogen and oxygen atoms in total. The van der Waals surface area contributed by atoms with Crippen molar-refractivity contribution in [2.24, 2.45) is 0 Å². The molecule has 12 heavy (non-hydrogen) atoms. The first-order valence-electron chi connectivity index (χ1n) is 3.46. The first-order chi connectivity index (χ1) is 6.00. The van der Waals surface area contributed by atoms with E-state index >= 15 is 0 Å². The van der Waals surface area contributed by atoms with Gasteiger partial charge in [-0.3, -0.25) is 0 Å². The van der Waals surface area contributed by atoms with Gasteiger partial charge in [-0.25, -0.2) is 24.3 Å². The van der Waals surface area contributed by atoms with Gasteiger partial charge >= 0.3 is 28.1 Å². The van der Waals surface area contributed by atoms with Gasteiger partial charge in [-0.1, -0.05) is 0 Å². The zero-order valence-corrected chi connectivity index (χ0v) is 9.11. The maximum Gasteiger partial charge on any atom is -0.172 e. The van der Waals surface area contributed by atoms with Crippen molar-refractivity contribution in [3.63, 3.8) is 0 Å². The molecular weight excluding hydrogens is 259 g/mol. The molecule has 2 rings (SSSR count). The fourth-order valence-corrected chi connectivity index (χ4v) is 0.642. The quantitative estimate of drug-likeness (QED) is 0.640. The van der Waals surface area contributed by atoms with Gasteiger partial charge in [-0.2, -0.15) is 36.4 Å². The number of hydrogen-bond donors (Lipinski definition) is 0. The summed E-state index contributed by atoms with van der Waals surface area (Å²) in [5.41, 5.74) is 0. The van der Waals surface area contributed by atoms with Crippen molar-refractivity contribution in [3.8, 4) is 0 Å². The minimum absolute atomic E-state index is 2.00. The van der Waals surface area contributed by atoms with Gasteiger partial charge in [0.05, 0.1) is 0 Å². The average Bonchev–Trinajstić information content (AvgIpc) is 2.87. The molecule has 0 aliphatic carbocycles. The van der Waals surface area contributed by atoms with Crippen LogP contribution >= 0.6 is 14.2 Å². The first kappa shape index (κ1) is 11.7. The summed E-state index contributed by atoms with van der Waals surface area (Å²) in [7, 11) is 0. The van der Waals surface area contributed by atoms with Crippen molar-refractivity contribution in [1.29, 1.82) is 0 Å². The van der Waals surface area contributed by atoms with Gasteiger partial charge in [0.2, 0.25) is 0 Å². The second-order valence-corrected chi connectivity index (χ2v) is 1.92. The maximum atomic E-state index is 3.38. The van der Waals surface area contributed by atoms with Gasteiger partial charge < -0.3 is 0 Å². The third kappa shape index (κ3) is 7.79. The van der Waals surface area contributed by atoms with Crippen molar-refractivity contribution >= 4 is 14.2 Å². The zero-order chi connectivity index (χ0) is 9.07. The van der Waals surface area contributed by atoms with E-state index in [1.165, 1.54) is 0 Å². The van der Waals surface area contributed by atoms with E-state index in [9.17, 15) is 0 Å². The summed E-state index contributed by atoms with van der Waals surface area (Å²) in [5.74, 6) is 0. The SMILES string of the molecule is [Co+2][Br].c1cc[cH-]c1.c1cc[cH-]c1. The molecule has 2 aromatic carbocycles. The molecule has 0 aromatic heterocycles. The molecule has 0 spiro atoms. The molecule has 0 amide bonds. The van der Waals surface area contributed by atoms with Crippen LogP contribution in [0, 0.1) is 0 Å². The van der Waals surface area contributed by atoms with Gasteiger partial charge in [0, 0.05) is 0 Å². The Morgan fingerprint density at radius 1 is 0.667 bits per heavy atom. The van der Waals surface area contributed by atoms with Crippen molar-refractivity contribution in [2.45, 2.75) is 0 Å². The van der Waals surface area contributed by atoms with E-state index in [2.05, 4.69) is 28.1 Å². The molecule has 0 bridgehead atoms. The Kier molecular flexibility index (Phi) is 10.4. The molecule has 2 heteroatoms. The summed E-state index contributed by atoms with van der Waals surface area (Å²) >= 11 is 6.00. The summed E-state index contributed by atoms with van der Waals surface area (Å²) in [6.07, 6.45) is 0. The molecule has 0 fully saturated rings. The first-order valence-corrected chi connectivity index (χ1v) is 6.03. The Morgan fingerprint density at radius 2 is 0.917 bits per heavy atom. The minimum Gasteiger partial charge on any atom is -0.214 e. The monoisotopic (exact) mass is 268 g/mol. The minimum atomic E-state index is 2.00. The number of hydrogen-bond acceptors (Lipinski definition) is 0. The summed E-state index contributed by atoms with van der Waals surface area (Å²) in [5, 5.41) is 0. The fraction of sp³-hybridized carbons (Fsp3) is 0. The summed E-state index contributed by atoms with van der Waals surface area (Å²) in [6.45, 7) is 0. The second kappa shape index (κ2) is 10.7. The Balaban J connectivity index is 0.000000168. The Labute approximate surface area is 88.7 Å². The van der Waals surface area contributed by atoms with Crippen LogP contribution in [-0.2, 0) is 13.9 Å². The van der Waals surface area contributed by atoms with E-state index in [0.717, 1.165) is 0 Å². The zero-order valence-electron chi connectivity index (χ0n) is 6.48. The summed E-state index contributed by atoms with van der Waals surface area (Å²) in [4.78, 5) is 0. The topological polar surface area (TPSA) is 0 Å². The predicted molar refractivity (Wildman–Crippen MR) is 53.0 cm³/mol. The van der Waals surface area contributed by atoms with Crippen LogP contribution in [0.15, 0.2) is 60.7 Å². The summed E-state index contributed by atoms with van der Waals surface area (Å²) < 4.78 is 0. The molecular formula is C10H10BrCo. The summed E-state index contributed by atoms with van der Waals surface area (Å²) in [6, 6.07) is 20.0. The molecule has 0 N–H and O–H groups in total. The molecule has 0 heterocycles. The van der Waals surface area contributed by atoms with Crippen LogP contribution in [0.4, 0.5) is 0 Å². The largest absolute Gasteiger partial charge is 0.214 e. The van der Waals surface area contributed by atoms with Crippen LogP contribution in [0.1, 0.15) is 0 Å². The van der Waals surface area contributed by atoms with Crippen LogP contribution in [0.3, 0.4) is 0 Å². The van der Waals surface area contributed by atoms with Crippen molar-refractivity contribution in [2.75, 3.05) is 0 Å². The van der Waals surface area contributed by atoms with Crippen LogP contribution in [0.5, 0.6) is 0 Å². The smallest absolute Gasteiger partial charge is 0.172 e. The van der Waals surface area contributed by atoms with Crippen LogP contribution in [0.25, 0.3) is 0 Å². The Bertz CT molecular complexity index is 149. The van der Waals surface area contributed by atoms with Gasteiger partial charge in [0.15, 0.2) is 0 Å². The molecule has 0 unspecified atom stereocenters. The van der Waals surface area contributed by atoms with Gasteiger partial charge in [-0.05, 0) is 0 Å². The van der Waals surface area contributed by atoms with Crippen LogP contribution in [0.2, 0.25) is 0 Å². The molecule has 0 aliphatic heterocycles. The number of rotatable bonds is 0. The second-order valence-electron chi connectivity index (χ2n) is 1.92. The molecule has 2 aromatic rings. The normalized spacial score (nSPS) is 7.17. The van der Waals surface area contributed by atoms with Gasteiger partial charge in [-0.15, -0.1) is 0 Å². The third-order valence-corrected chi connectivity index (χ3v) is 1.11. The molecule has 66 valence electrons. The van der Waals surface area contributed by atoms with Crippen molar-refractivity contribution in [3.05, 3.63) is 60.7 Å². The van der Waals surface area contributed by atoms with Crippen LogP contribution < -0.4 is 0 Å².